The van der Waals surface area contributed by atoms with Crippen molar-refractivity contribution in [1.82, 2.24) is 29.5 Å². The Hall–Kier alpha value is -3.74. The van der Waals surface area contributed by atoms with Crippen molar-refractivity contribution in [2.75, 3.05) is 11.4 Å². The van der Waals surface area contributed by atoms with Crippen LogP contribution in [0.15, 0.2) is 24.7 Å². The number of nitrogens with zero attached hydrogens (tertiary/aromatic N) is 7. The molecule has 4 aromatic rings. The summed E-state index contributed by atoms with van der Waals surface area (Å²) >= 11 is 0. The lowest BCUT2D eigenvalue weighted by atomic mass is 9.97. The number of aromatic nitrogens is 6. The van der Waals surface area contributed by atoms with Crippen LogP contribution < -0.4 is 4.90 Å². The number of halogens is 3. The standard InChI is InChI=1S/C24H20F3N7/c1-14-31-32-22-30-21(20-16(25)12-28-13-19(20)34(14)22)33-11-3-4-15-17(29-10-6-18(15)33)5-7-24(8-9-24)23(2,26)27/h6,10,12-13H,3-4,8-9,11H2,1-2H3. The molecule has 10 heteroatoms. The first-order valence-corrected chi connectivity index (χ1v) is 11.1. The summed E-state index contributed by atoms with van der Waals surface area (Å²) in [5.74, 6) is 3.71. The topological polar surface area (TPSA) is 72.1 Å². The highest BCUT2D eigenvalue weighted by Crippen LogP contribution is 2.56. The molecule has 0 saturated heterocycles. The van der Waals surface area contributed by atoms with E-state index in [1.807, 2.05) is 11.0 Å². The van der Waals surface area contributed by atoms with E-state index in [2.05, 4.69) is 37.0 Å². The normalized spacial score (nSPS) is 16.9. The third-order valence-electron chi connectivity index (χ3n) is 6.75. The number of aryl methyl sites for hydroxylation is 1. The van der Waals surface area contributed by atoms with Gasteiger partial charge < -0.3 is 4.90 Å². The van der Waals surface area contributed by atoms with E-state index in [-0.39, 0.29) is 0 Å². The van der Waals surface area contributed by atoms with Crippen LogP contribution in [0.2, 0.25) is 0 Å². The monoisotopic (exact) mass is 463 g/mol. The van der Waals surface area contributed by atoms with E-state index < -0.39 is 17.2 Å². The molecule has 1 fully saturated rings. The molecule has 172 valence electrons. The predicted molar refractivity (Wildman–Crippen MR) is 120 cm³/mol. The molecule has 0 aromatic carbocycles. The molecule has 0 amide bonds. The largest absolute Gasteiger partial charge is 0.325 e. The zero-order chi connectivity index (χ0) is 23.7. The molecule has 0 bridgehead atoms. The van der Waals surface area contributed by atoms with E-state index in [1.165, 1.54) is 0 Å². The third kappa shape index (κ3) is 3.03. The number of anilines is 2. The first-order chi connectivity index (χ1) is 16.3. The van der Waals surface area contributed by atoms with Crippen LogP contribution in [0, 0.1) is 30.0 Å². The van der Waals surface area contributed by atoms with Crippen molar-refractivity contribution < 1.29 is 13.2 Å². The van der Waals surface area contributed by atoms with Gasteiger partial charge in [0, 0.05) is 30.9 Å². The summed E-state index contributed by atoms with van der Waals surface area (Å²) in [5, 5.41) is 8.53. The second-order valence-corrected chi connectivity index (χ2v) is 8.97. The van der Waals surface area contributed by atoms with Crippen LogP contribution in [-0.4, -0.2) is 42.0 Å². The van der Waals surface area contributed by atoms with Crippen LogP contribution in [0.5, 0.6) is 0 Å². The van der Waals surface area contributed by atoms with Gasteiger partial charge in [-0.05, 0) is 44.6 Å². The molecule has 0 N–H and O–H groups in total. The van der Waals surface area contributed by atoms with Crippen molar-refractivity contribution in [1.29, 1.82) is 0 Å². The number of hydrogen-bond donors (Lipinski definition) is 0. The summed E-state index contributed by atoms with van der Waals surface area (Å²) in [5.41, 5.74) is 1.35. The molecule has 0 radical (unpaired) electrons. The SMILES string of the molecule is Cc1nnc2nc(N3CCCc4c3ccnc4C#CC3(C(C)(F)F)CC3)c3c(F)cncc3n12. The molecule has 1 aliphatic heterocycles. The molecule has 0 atom stereocenters. The van der Waals surface area contributed by atoms with E-state index in [1.54, 1.807) is 23.7 Å². The van der Waals surface area contributed by atoms with Gasteiger partial charge >= 0.3 is 0 Å². The molecule has 34 heavy (non-hydrogen) atoms. The first-order valence-electron chi connectivity index (χ1n) is 11.1. The highest BCUT2D eigenvalue weighted by Gasteiger charge is 2.58. The fourth-order valence-corrected chi connectivity index (χ4v) is 4.69. The Labute approximate surface area is 193 Å². The van der Waals surface area contributed by atoms with Gasteiger partial charge in [-0.1, -0.05) is 5.92 Å². The maximum Gasteiger partial charge on any atom is 0.261 e. The average Bonchev–Trinajstić information content (AvgIpc) is 3.53. The van der Waals surface area contributed by atoms with Gasteiger partial charge in [-0.15, -0.1) is 10.2 Å². The molecule has 7 nitrogen and oxygen atoms in total. The second-order valence-electron chi connectivity index (χ2n) is 8.97. The van der Waals surface area contributed by atoms with E-state index in [0.29, 0.717) is 59.8 Å². The van der Waals surface area contributed by atoms with Crippen LogP contribution >= 0.6 is 0 Å². The number of fused-ring (bicyclic) bond motifs is 4. The number of hydrogen-bond acceptors (Lipinski definition) is 6. The van der Waals surface area contributed by atoms with Crippen LogP contribution in [-0.2, 0) is 6.42 Å². The van der Waals surface area contributed by atoms with Gasteiger partial charge in [-0.25, -0.2) is 18.2 Å². The Morgan fingerprint density at radius 2 is 2.00 bits per heavy atom. The van der Waals surface area contributed by atoms with Crippen LogP contribution in [0.1, 0.15) is 43.3 Å². The second kappa shape index (κ2) is 7.13. The zero-order valence-electron chi connectivity index (χ0n) is 18.6. The Bertz CT molecular complexity index is 1520. The summed E-state index contributed by atoms with van der Waals surface area (Å²) in [4.78, 5) is 15.0. The summed E-state index contributed by atoms with van der Waals surface area (Å²) in [7, 11) is 0. The van der Waals surface area contributed by atoms with Gasteiger partial charge in [0.15, 0.2) is 5.82 Å². The molecule has 2 aliphatic rings. The Morgan fingerprint density at radius 1 is 1.18 bits per heavy atom. The van der Waals surface area contributed by atoms with Crippen molar-refractivity contribution in [2.45, 2.75) is 45.5 Å². The van der Waals surface area contributed by atoms with Crippen LogP contribution in [0.25, 0.3) is 16.7 Å². The Kier molecular flexibility index (Phi) is 4.37. The van der Waals surface area contributed by atoms with Gasteiger partial charge in [-0.3, -0.25) is 9.38 Å². The first kappa shape index (κ1) is 20.8. The Balaban J connectivity index is 1.52. The molecular weight excluding hydrogens is 443 g/mol. The van der Waals surface area contributed by atoms with Crippen molar-refractivity contribution in [3.05, 3.63) is 47.6 Å². The van der Waals surface area contributed by atoms with Gasteiger partial charge in [0.1, 0.15) is 17.3 Å². The van der Waals surface area contributed by atoms with E-state index in [9.17, 15) is 8.78 Å². The summed E-state index contributed by atoms with van der Waals surface area (Å²) in [6.07, 6.45) is 6.53. The maximum absolute atomic E-state index is 15.1. The minimum absolute atomic E-state index is 0.310. The van der Waals surface area contributed by atoms with Crippen LogP contribution in [0.4, 0.5) is 24.7 Å². The average molecular weight is 463 g/mol. The highest BCUT2D eigenvalue weighted by molar-refractivity contribution is 5.94. The van der Waals surface area contributed by atoms with E-state index in [0.717, 1.165) is 30.8 Å². The molecule has 4 aromatic heterocycles. The number of pyridine rings is 2. The summed E-state index contributed by atoms with van der Waals surface area (Å²) < 4.78 is 44.8. The van der Waals surface area contributed by atoms with Crippen molar-refractivity contribution >= 4 is 28.2 Å². The lowest BCUT2D eigenvalue weighted by Crippen LogP contribution is -2.27. The van der Waals surface area contributed by atoms with Gasteiger partial charge in [0.25, 0.3) is 11.7 Å². The maximum atomic E-state index is 15.1. The molecule has 0 unspecified atom stereocenters. The zero-order valence-corrected chi connectivity index (χ0v) is 18.6. The van der Waals surface area contributed by atoms with Crippen molar-refractivity contribution in [3.63, 3.8) is 0 Å². The minimum atomic E-state index is -2.86. The third-order valence-corrected chi connectivity index (χ3v) is 6.75. The summed E-state index contributed by atoms with van der Waals surface area (Å²) in [6, 6.07) is 1.83. The van der Waals surface area contributed by atoms with Crippen molar-refractivity contribution in [3.8, 4) is 11.8 Å². The lowest BCUT2D eigenvalue weighted by Gasteiger charge is -2.31. The molecule has 1 aliphatic carbocycles. The molecule has 1 saturated carbocycles. The van der Waals surface area contributed by atoms with Gasteiger partial charge in [0.2, 0.25) is 0 Å². The molecule has 5 heterocycles. The van der Waals surface area contributed by atoms with E-state index in [4.69, 9.17) is 0 Å². The summed E-state index contributed by atoms with van der Waals surface area (Å²) in [6.45, 7) is 3.28. The lowest BCUT2D eigenvalue weighted by molar-refractivity contribution is -0.0294. The predicted octanol–water partition coefficient (Wildman–Crippen LogP) is 4.39. The molecule has 6 rings (SSSR count). The van der Waals surface area contributed by atoms with Gasteiger partial charge in [-0.2, -0.15) is 4.98 Å². The number of rotatable bonds is 2. The van der Waals surface area contributed by atoms with Crippen molar-refractivity contribution in [2.24, 2.45) is 5.41 Å². The fourth-order valence-electron chi connectivity index (χ4n) is 4.69. The fraction of sp³-hybridized carbons (Fsp3) is 0.375. The molecular formula is C24H20F3N7. The smallest absolute Gasteiger partial charge is 0.261 e. The molecule has 0 spiro atoms. The minimum Gasteiger partial charge on any atom is -0.325 e. The van der Waals surface area contributed by atoms with Crippen LogP contribution in [0.3, 0.4) is 0 Å². The Morgan fingerprint density at radius 3 is 2.76 bits per heavy atom. The number of alkyl halides is 2. The highest BCUT2D eigenvalue weighted by atomic mass is 19.3. The quantitative estimate of drug-likeness (QED) is 0.411. The van der Waals surface area contributed by atoms with Gasteiger partial charge in [0.05, 0.1) is 28.7 Å². The van der Waals surface area contributed by atoms with E-state index >= 15 is 4.39 Å².